The van der Waals surface area contributed by atoms with Crippen molar-refractivity contribution in [1.82, 2.24) is 0 Å². The van der Waals surface area contributed by atoms with E-state index < -0.39 is 0 Å². The zero-order valence-corrected chi connectivity index (χ0v) is 8.37. The van der Waals surface area contributed by atoms with Crippen LogP contribution in [0.2, 0.25) is 0 Å². The van der Waals surface area contributed by atoms with Gasteiger partial charge in [0, 0.05) is 0 Å². The average Bonchev–Trinajstić information content (AvgIpc) is 2.41. The van der Waals surface area contributed by atoms with E-state index in [1.807, 2.05) is 0 Å². The normalized spacial score (nSPS) is 29.8. The molecule has 0 amide bonds. The average molecular weight is 188 g/mol. The fraction of sp³-hybridized carbons (Fsp3) is 0.538. The van der Waals surface area contributed by atoms with Crippen LogP contribution in [0.1, 0.15) is 54.4 Å². The third-order valence-corrected chi connectivity index (χ3v) is 3.75. The van der Waals surface area contributed by atoms with E-state index in [2.05, 4.69) is 18.2 Å². The van der Waals surface area contributed by atoms with Gasteiger partial charge in [-0.05, 0) is 48.3 Å². The van der Waals surface area contributed by atoms with Gasteiger partial charge in [0.15, 0.2) is 0 Å². The van der Waals surface area contributed by atoms with Gasteiger partial charge in [0.1, 0.15) is 0 Å². The Morgan fingerprint density at radius 1 is 1.21 bits per heavy atom. The van der Waals surface area contributed by atoms with E-state index >= 15 is 0 Å². The molecule has 0 radical (unpaired) electrons. The van der Waals surface area contributed by atoms with Crippen molar-refractivity contribution in [2.24, 2.45) is 0 Å². The van der Waals surface area contributed by atoms with Crippen LogP contribution in [-0.2, 0) is 6.42 Å². The lowest BCUT2D eigenvalue weighted by atomic mass is 9.95. The summed E-state index contributed by atoms with van der Waals surface area (Å²) in [7, 11) is 0. The summed E-state index contributed by atoms with van der Waals surface area (Å²) < 4.78 is 0. The molecule has 0 saturated heterocycles. The highest BCUT2D eigenvalue weighted by molar-refractivity contribution is 5.43. The Bertz CT molecular complexity index is 356. The molecule has 14 heavy (non-hydrogen) atoms. The van der Waals surface area contributed by atoms with E-state index in [1.54, 1.807) is 0 Å². The van der Waals surface area contributed by atoms with Crippen LogP contribution in [0.3, 0.4) is 0 Å². The van der Waals surface area contributed by atoms with Gasteiger partial charge >= 0.3 is 0 Å². The Labute approximate surface area is 84.8 Å². The second-order valence-corrected chi connectivity index (χ2v) is 4.61. The molecule has 0 spiro atoms. The second kappa shape index (κ2) is 3.09. The standard InChI is InChI=1S/C13H16O/c14-12-8-10-5-2-1-4-9-6-3-7-11(12)13(9)10/h3,6-7,10,12,14H,1-2,4-5,8H2. The van der Waals surface area contributed by atoms with Crippen molar-refractivity contribution in [3.8, 4) is 0 Å². The highest BCUT2D eigenvalue weighted by atomic mass is 16.3. The van der Waals surface area contributed by atoms with Crippen LogP contribution in [-0.4, -0.2) is 5.11 Å². The van der Waals surface area contributed by atoms with Crippen molar-refractivity contribution < 1.29 is 5.11 Å². The number of aryl methyl sites for hydroxylation is 1. The number of rotatable bonds is 0. The van der Waals surface area contributed by atoms with Gasteiger partial charge in [0.25, 0.3) is 0 Å². The summed E-state index contributed by atoms with van der Waals surface area (Å²) in [5.74, 6) is 0.652. The monoisotopic (exact) mass is 188 g/mol. The topological polar surface area (TPSA) is 20.2 Å². The van der Waals surface area contributed by atoms with E-state index in [9.17, 15) is 5.11 Å². The van der Waals surface area contributed by atoms with E-state index in [0.717, 1.165) is 6.42 Å². The minimum absolute atomic E-state index is 0.187. The SMILES string of the molecule is OC1CC2CCCCc3cccc1c32. The summed E-state index contributed by atoms with van der Waals surface area (Å²) in [6.45, 7) is 0. The Morgan fingerprint density at radius 3 is 3.07 bits per heavy atom. The van der Waals surface area contributed by atoms with Gasteiger partial charge in [-0.15, -0.1) is 0 Å². The quantitative estimate of drug-likeness (QED) is 0.663. The van der Waals surface area contributed by atoms with Gasteiger partial charge in [0.2, 0.25) is 0 Å². The second-order valence-electron chi connectivity index (χ2n) is 4.61. The zero-order chi connectivity index (χ0) is 9.54. The third kappa shape index (κ3) is 1.12. The minimum Gasteiger partial charge on any atom is -0.388 e. The molecule has 74 valence electrons. The van der Waals surface area contributed by atoms with Crippen molar-refractivity contribution in [2.45, 2.75) is 44.1 Å². The maximum atomic E-state index is 9.93. The lowest BCUT2D eigenvalue weighted by Crippen LogP contribution is -1.94. The van der Waals surface area contributed by atoms with Gasteiger partial charge in [-0.1, -0.05) is 24.6 Å². The van der Waals surface area contributed by atoms with Crippen molar-refractivity contribution in [3.63, 3.8) is 0 Å². The van der Waals surface area contributed by atoms with Crippen molar-refractivity contribution in [3.05, 3.63) is 34.9 Å². The summed E-state index contributed by atoms with van der Waals surface area (Å²) in [6.07, 6.45) is 5.92. The highest BCUT2D eigenvalue weighted by Gasteiger charge is 2.32. The van der Waals surface area contributed by atoms with Crippen molar-refractivity contribution in [1.29, 1.82) is 0 Å². The Morgan fingerprint density at radius 2 is 2.14 bits per heavy atom. The molecule has 1 heteroatoms. The van der Waals surface area contributed by atoms with Crippen LogP contribution in [0, 0.1) is 0 Å². The van der Waals surface area contributed by atoms with Gasteiger partial charge in [-0.25, -0.2) is 0 Å². The third-order valence-electron chi connectivity index (χ3n) is 3.75. The summed E-state index contributed by atoms with van der Waals surface area (Å²) in [6, 6.07) is 6.45. The maximum Gasteiger partial charge on any atom is 0.0798 e. The molecule has 0 aliphatic heterocycles. The molecule has 3 rings (SSSR count). The van der Waals surface area contributed by atoms with Gasteiger partial charge in [0.05, 0.1) is 6.10 Å². The first-order valence-corrected chi connectivity index (χ1v) is 5.66. The van der Waals surface area contributed by atoms with E-state index in [1.165, 1.54) is 42.4 Å². The number of hydrogen-bond donors (Lipinski definition) is 1. The lowest BCUT2D eigenvalue weighted by Gasteiger charge is -2.10. The molecule has 2 aliphatic carbocycles. The van der Waals surface area contributed by atoms with Crippen molar-refractivity contribution >= 4 is 0 Å². The van der Waals surface area contributed by atoms with Gasteiger partial charge in [-0.3, -0.25) is 0 Å². The van der Waals surface area contributed by atoms with Crippen LogP contribution < -0.4 is 0 Å². The molecule has 1 nitrogen and oxygen atoms in total. The molecule has 0 fully saturated rings. The predicted molar refractivity (Wildman–Crippen MR) is 56.3 cm³/mol. The first-order chi connectivity index (χ1) is 6.86. The number of benzene rings is 1. The first-order valence-electron chi connectivity index (χ1n) is 5.66. The Balaban J connectivity index is 2.17. The fourth-order valence-corrected chi connectivity index (χ4v) is 3.12. The number of aliphatic hydroxyl groups excluding tert-OH is 1. The molecule has 2 aliphatic rings. The Hall–Kier alpha value is -0.820. The summed E-state index contributed by atoms with van der Waals surface area (Å²) in [4.78, 5) is 0. The summed E-state index contributed by atoms with van der Waals surface area (Å²) in [5.41, 5.74) is 4.22. The molecule has 0 aromatic heterocycles. The molecule has 1 aromatic carbocycles. The van der Waals surface area contributed by atoms with Crippen LogP contribution in [0.25, 0.3) is 0 Å². The van der Waals surface area contributed by atoms with Crippen LogP contribution in [0.5, 0.6) is 0 Å². The molecule has 1 N–H and O–H groups in total. The number of aliphatic hydroxyl groups is 1. The molecular formula is C13H16O. The summed E-state index contributed by atoms with van der Waals surface area (Å²) in [5, 5.41) is 9.93. The van der Waals surface area contributed by atoms with Crippen LogP contribution in [0.15, 0.2) is 18.2 Å². The minimum atomic E-state index is -0.187. The van der Waals surface area contributed by atoms with Crippen molar-refractivity contribution in [2.75, 3.05) is 0 Å². The molecule has 2 unspecified atom stereocenters. The largest absolute Gasteiger partial charge is 0.388 e. The highest BCUT2D eigenvalue weighted by Crippen LogP contribution is 2.46. The van der Waals surface area contributed by atoms with Gasteiger partial charge < -0.3 is 5.11 Å². The first kappa shape index (κ1) is 8.49. The zero-order valence-electron chi connectivity index (χ0n) is 8.37. The molecule has 0 saturated carbocycles. The predicted octanol–water partition coefficient (Wildman–Crippen LogP) is 2.93. The molecular weight excluding hydrogens is 172 g/mol. The van der Waals surface area contributed by atoms with E-state index in [-0.39, 0.29) is 6.10 Å². The molecule has 0 heterocycles. The molecule has 0 bridgehead atoms. The number of hydrogen-bond acceptors (Lipinski definition) is 1. The maximum absolute atomic E-state index is 9.93. The molecule has 2 atom stereocenters. The Kier molecular flexibility index (Phi) is 1.88. The van der Waals surface area contributed by atoms with Gasteiger partial charge in [-0.2, -0.15) is 0 Å². The summed E-state index contributed by atoms with van der Waals surface area (Å²) >= 11 is 0. The lowest BCUT2D eigenvalue weighted by molar-refractivity contribution is 0.171. The van der Waals surface area contributed by atoms with E-state index in [4.69, 9.17) is 0 Å². The fourth-order valence-electron chi connectivity index (χ4n) is 3.12. The van der Waals surface area contributed by atoms with Crippen LogP contribution >= 0.6 is 0 Å². The van der Waals surface area contributed by atoms with E-state index in [0.29, 0.717) is 5.92 Å². The smallest absolute Gasteiger partial charge is 0.0798 e. The molecule has 1 aromatic rings. The van der Waals surface area contributed by atoms with Crippen LogP contribution in [0.4, 0.5) is 0 Å².